The van der Waals surface area contributed by atoms with E-state index in [1.807, 2.05) is 95.7 Å². The van der Waals surface area contributed by atoms with Gasteiger partial charge in [-0.3, -0.25) is 14.6 Å². The fourth-order valence-corrected chi connectivity index (χ4v) is 7.00. The highest BCUT2D eigenvalue weighted by atomic mass is 35.5. The first-order valence-corrected chi connectivity index (χ1v) is 16.4. The van der Waals surface area contributed by atoms with Crippen molar-refractivity contribution < 1.29 is 19.1 Å². The lowest BCUT2D eigenvalue weighted by molar-refractivity contribution is -0.157. The number of rotatable bonds is 10. The molecule has 0 saturated carbocycles. The summed E-state index contributed by atoms with van der Waals surface area (Å²) in [6.07, 6.45) is 0.586. The van der Waals surface area contributed by atoms with Gasteiger partial charge in [-0.15, -0.1) is 0 Å². The van der Waals surface area contributed by atoms with Crippen LogP contribution in [0.25, 0.3) is 0 Å². The molecule has 4 amide bonds. The van der Waals surface area contributed by atoms with Crippen molar-refractivity contribution >= 4 is 35.1 Å². The lowest BCUT2D eigenvalue weighted by Gasteiger charge is -2.46. The zero-order chi connectivity index (χ0) is 32.0. The first-order valence-electron chi connectivity index (χ1n) is 16.0. The molecule has 2 atom stereocenters. The molecule has 0 unspecified atom stereocenters. The van der Waals surface area contributed by atoms with Crippen LogP contribution in [0.3, 0.4) is 0 Å². The predicted octanol–water partition coefficient (Wildman–Crippen LogP) is 4.14. The van der Waals surface area contributed by atoms with Crippen LogP contribution in [0.4, 0.5) is 10.5 Å². The van der Waals surface area contributed by atoms with Gasteiger partial charge in [-0.2, -0.15) is 5.01 Å². The van der Waals surface area contributed by atoms with E-state index >= 15 is 0 Å². The molecule has 10 nitrogen and oxygen atoms in total. The number of fused-ring (bicyclic) bond motifs is 1. The number of benzene rings is 3. The minimum Gasteiger partial charge on any atom is -0.378 e. The molecule has 1 N–H and O–H groups in total. The third-order valence-corrected chi connectivity index (χ3v) is 9.17. The van der Waals surface area contributed by atoms with Gasteiger partial charge in [0.15, 0.2) is 0 Å². The van der Waals surface area contributed by atoms with E-state index in [4.69, 9.17) is 16.3 Å². The Balaban J connectivity index is 1.31. The van der Waals surface area contributed by atoms with Crippen LogP contribution in [-0.4, -0.2) is 95.8 Å². The minimum atomic E-state index is -0.708. The van der Waals surface area contributed by atoms with Crippen LogP contribution in [0.1, 0.15) is 30.0 Å². The van der Waals surface area contributed by atoms with Gasteiger partial charge in [0, 0.05) is 39.1 Å². The number of piperazine rings is 1. The summed E-state index contributed by atoms with van der Waals surface area (Å²) >= 11 is 6.77. The van der Waals surface area contributed by atoms with Crippen molar-refractivity contribution in [1.82, 2.24) is 25.1 Å². The molecule has 3 aliphatic rings. The van der Waals surface area contributed by atoms with E-state index < -0.39 is 12.2 Å². The second-order valence-corrected chi connectivity index (χ2v) is 12.3. The lowest BCUT2D eigenvalue weighted by atomic mass is 9.99. The predicted molar refractivity (Wildman–Crippen MR) is 177 cm³/mol. The smallest absolute Gasteiger partial charge is 0.332 e. The number of nitrogens with zero attached hydrogens (tertiary/aromatic N) is 5. The number of hydrogen-bond donors (Lipinski definition) is 1. The maximum absolute atomic E-state index is 14.3. The van der Waals surface area contributed by atoms with Crippen LogP contribution < -0.4 is 10.2 Å². The molecule has 3 heterocycles. The van der Waals surface area contributed by atoms with Gasteiger partial charge in [-0.1, -0.05) is 91.3 Å². The number of urea groups is 1. The Kier molecular flexibility index (Phi) is 10.1. The average molecular weight is 645 g/mol. The molecule has 0 aromatic heterocycles. The van der Waals surface area contributed by atoms with Crippen molar-refractivity contribution in [2.45, 2.75) is 45.1 Å². The molecule has 3 fully saturated rings. The number of hydrazine groups is 1. The number of ether oxygens (including phenoxy) is 1. The maximum atomic E-state index is 14.3. The Bertz CT molecular complexity index is 1520. The summed E-state index contributed by atoms with van der Waals surface area (Å²) in [4.78, 5) is 47.5. The van der Waals surface area contributed by atoms with Crippen molar-refractivity contribution in [3.8, 4) is 0 Å². The normalized spacial score (nSPS) is 20.2. The van der Waals surface area contributed by atoms with Crippen LogP contribution in [0.5, 0.6) is 0 Å². The third-order valence-electron chi connectivity index (χ3n) is 8.86. The molecular formula is C35H41ClN6O4. The fraction of sp³-hybridized carbons (Fsp3) is 0.400. The molecule has 3 aliphatic heterocycles. The van der Waals surface area contributed by atoms with E-state index in [1.54, 1.807) is 9.91 Å². The van der Waals surface area contributed by atoms with E-state index in [-0.39, 0.29) is 30.9 Å². The first kappa shape index (κ1) is 31.8. The molecule has 0 spiro atoms. The molecule has 6 rings (SSSR count). The van der Waals surface area contributed by atoms with Crippen LogP contribution in [0.15, 0.2) is 78.9 Å². The number of para-hydroxylation sites is 1. The molecule has 0 bridgehead atoms. The summed E-state index contributed by atoms with van der Waals surface area (Å²) < 4.78 is 5.58. The standard InChI is InChI=1S/C35H41ClN6O4/c1-2-16-40(35(45)37-22-27-12-7-4-8-13-27)41-25-32(43)42-30(21-26-10-5-3-6-11-26)34(44)39(24-31(41)42)23-28-14-9-15-29(36)33(28)38-17-19-46-20-18-38/h3-15,30-31H,2,16-25H2,1H3,(H,37,45)/t30-,31+/m0/s1. The van der Waals surface area contributed by atoms with Gasteiger partial charge in [0.05, 0.1) is 37.0 Å². The molecule has 3 aromatic rings. The van der Waals surface area contributed by atoms with Crippen LogP contribution in [0, 0.1) is 0 Å². The third kappa shape index (κ3) is 6.84. The molecule has 0 radical (unpaired) electrons. The topological polar surface area (TPSA) is 88.7 Å². The molecule has 3 saturated heterocycles. The molecule has 242 valence electrons. The maximum Gasteiger partial charge on any atom is 0.332 e. The molecule has 46 heavy (non-hydrogen) atoms. The number of nitrogens with one attached hydrogen (secondary N) is 1. The van der Waals surface area contributed by atoms with E-state index in [9.17, 15) is 14.4 Å². The van der Waals surface area contributed by atoms with Gasteiger partial charge in [-0.05, 0) is 29.2 Å². The van der Waals surface area contributed by atoms with Crippen molar-refractivity contribution in [2.24, 2.45) is 0 Å². The summed E-state index contributed by atoms with van der Waals surface area (Å²) in [5.74, 6) is -0.272. The Morgan fingerprint density at radius 2 is 1.65 bits per heavy atom. The van der Waals surface area contributed by atoms with Crippen molar-refractivity contribution in [3.63, 3.8) is 0 Å². The van der Waals surface area contributed by atoms with E-state index in [0.29, 0.717) is 63.8 Å². The fourth-order valence-electron chi connectivity index (χ4n) is 6.69. The summed E-state index contributed by atoms with van der Waals surface area (Å²) in [6, 6.07) is 24.3. The molecule has 3 aromatic carbocycles. The summed E-state index contributed by atoms with van der Waals surface area (Å²) in [5.41, 5.74) is 3.81. The average Bonchev–Trinajstić information content (AvgIpc) is 3.40. The number of morpholine rings is 1. The highest BCUT2D eigenvalue weighted by Gasteiger charge is 2.52. The Hall–Kier alpha value is -4.12. The van der Waals surface area contributed by atoms with Crippen LogP contribution in [-0.2, 0) is 33.8 Å². The number of hydrogen-bond acceptors (Lipinski definition) is 6. The summed E-state index contributed by atoms with van der Waals surface area (Å²) in [6.45, 7) is 6.07. The Morgan fingerprint density at radius 3 is 2.35 bits per heavy atom. The highest BCUT2D eigenvalue weighted by molar-refractivity contribution is 6.33. The zero-order valence-corrected chi connectivity index (χ0v) is 26.9. The number of amides is 4. The van der Waals surface area contributed by atoms with Crippen molar-refractivity contribution in [3.05, 3.63) is 101 Å². The quantitative estimate of drug-likeness (QED) is 0.357. The van der Waals surface area contributed by atoms with E-state index in [2.05, 4.69) is 10.2 Å². The summed E-state index contributed by atoms with van der Waals surface area (Å²) in [5, 5.41) is 7.17. The Morgan fingerprint density at radius 1 is 0.957 bits per heavy atom. The second kappa shape index (κ2) is 14.5. The minimum absolute atomic E-state index is 0.0199. The molecule has 11 heteroatoms. The van der Waals surface area contributed by atoms with Gasteiger partial charge in [0.25, 0.3) is 0 Å². The Labute approximate surface area is 275 Å². The number of halogens is 1. The monoisotopic (exact) mass is 644 g/mol. The van der Waals surface area contributed by atoms with Gasteiger partial charge >= 0.3 is 6.03 Å². The number of carbonyl (C=O) groups excluding carboxylic acids is 3. The lowest BCUT2D eigenvalue weighted by Crippen LogP contribution is -2.66. The van der Waals surface area contributed by atoms with Gasteiger partial charge in [0.2, 0.25) is 11.8 Å². The number of anilines is 1. The van der Waals surface area contributed by atoms with Gasteiger partial charge in [-0.25, -0.2) is 4.79 Å². The summed E-state index contributed by atoms with van der Waals surface area (Å²) in [7, 11) is 0. The largest absolute Gasteiger partial charge is 0.378 e. The van der Waals surface area contributed by atoms with E-state index in [1.165, 1.54) is 0 Å². The van der Waals surface area contributed by atoms with Gasteiger partial charge < -0.3 is 24.8 Å². The van der Waals surface area contributed by atoms with Gasteiger partial charge in [0.1, 0.15) is 12.2 Å². The van der Waals surface area contributed by atoms with Crippen molar-refractivity contribution in [1.29, 1.82) is 0 Å². The zero-order valence-electron chi connectivity index (χ0n) is 26.2. The second-order valence-electron chi connectivity index (χ2n) is 11.9. The van der Waals surface area contributed by atoms with Crippen LogP contribution >= 0.6 is 11.6 Å². The first-order chi connectivity index (χ1) is 22.4. The van der Waals surface area contributed by atoms with Crippen LogP contribution in [0.2, 0.25) is 5.02 Å². The van der Waals surface area contributed by atoms with E-state index in [0.717, 1.165) is 22.4 Å². The molecule has 0 aliphatic carbocycles. The SMILES string of the molecule is CCCN(C(=O)NCc1ccccc1)N1CC(=O)N2[C@@H](Cc3ccccc3)C(=O)N(Cc3cccc(Cl)c3N3CCOCC3)C[C@@H]21. The number of carbonyl (C=O) groups is 3. The van der Waals surface area contributed by atoms with Crippen molar-refractivity contribution in [2.75, 3.05) is 50.8 Å². The molecular weight excluding hydrogens is 604 g/mol. The highest BCUT2D eigenvalue weighted by Crippen LogP contribution is 2.34.